The molecule has 0 spiro atoms. The number of anilines is 1. The van der Waals surface area contributed by atoms with Gasteiger partial charge in [0.2, 0.25) is 11.8 Å². The van der Waals surface area contributed by atoms with Gasteiger partial charge in [-0.1, -0.05) is 0 Å². The molecule has 1 aromatic heterocycles. The van der Waals surface area contributed by atoms with Gasteiger partial charge in [0.05, 0.1) is 7.11 Å². The number of rotatable bonds is 5. The van der Waals surface area contributed by atoms with Crippen LogP contribution in [0.5, 0.6) is 5.88 Å². The van der Waals surface area contributed by atoms with Gasteiger partial charge in [-0.3, -0.25) is 4.79 Å². The van der Waals surface area contributed by atoms with Crippen molar-refractivity contribution in [1.82, 2.24) is 15.1 Å². The maximum atomic E-state index is 11.9. The van der Waals surface area contributed by atoms with Crippen LogP contribution in [-0.2, 0) is 4.79 Å². The Morgan fingerprint density at radius 2 is 2.05 bits per heavy atom. The monoisotopic (exact) mass is 298 g/mol. The average molecular weight is 299 g/mol. The molecule has 1 aliphatic heterocycles. The molecule has 1 aromatic rings. The summed E-state index contributed by atoms with van der Waals surface area (Å²) in [5.74, 6) is 2.04. The van der Waals surface area contributed by atoms with Gasteiger partial charge < -0.3 is 14.5 Å². The molecule has 6 nitrogen and oxygen atoms in total. The maximum absolute atomic E-state index is 11.9. The molecule has 7 heteroatoms. The molecule has 1 fully saturated rings. The summed E-state index contributed by atoms with van der Waals surface area (Å²) < 4.78 is 4.99. The quantitative estimate of drug-likeness (QED) is 0.763. The van der Waals surface area contributed by atoms with Crippen molar-refractivity contribution in [3.63, 3.8) is 0 Å². The van der Waals surface area contributed by atoms with Crippen LogP contribution in [-0.4, -0.2) is 60.2 Å². The Labute approximate surface area is 123 Å². The number of hydrogen-bond acceptors (Lipinski definition) is 5. The van der Waals surface area contributed by atoms with Crippen molar-refractivity contribution >= 4 is 23.3 Å². The smallest absolute Gasteiger partial charge is 0.233 e. The van der Waals surface area contributed by atoms with Crippen LogP contribution >= 0.6 is 11.6 Å². The van der Waals surface area contributed by atoms with Crippen molar-refractivity contribution in [3.05, 3.63) is 12.1 Å². The molecule has 0 radical (unpaired) electrons. The first kappa shape index (κ1) is 14.8. The summed E-state index contributed by atoms with van der Waals surface area (Å²) in [4.78, 5) is 15.9. The van der Waals surface area contributed by atoms with E-state index in [9.17, 15) is 4.79 Å². The Bertz CT molecular complexity index is 433. The minimum Gasteiger partial charge on any atom is -0.480 e. The summed E-state index contributed by atoms with van der Waals surface area (Å²) in [6.45, 7) is 2.98. The van der Waals surface area contributed by atoms with Crippen molar-refractivity contribution < 1.29 is 9.53 Å². The van der Waals surface area contributed by atoms with Gasteiger partial charge in [0, 0.05) is 44.5 Å². The fraction of sp³-hybridized carbons (Fsp3) is 0.615. The molecular weight excluding hydrogens is 280 g/mol. The van der Waals surface area contributed by atoms with Crippen LogP contribution < -0.4 is 9.64 Å². The molecule has 0 bridgehead atoms. The van der Waals surface area contributed by atoms with E-state index in [1.54, 1.807) is 13.2 Å². The Balaban J connectivity index is 1.85. The fourth-order valence-corrected chi connectivity index (χ4v) is 2.29. The molecule has 1 amide bonds. The van der Waals surface area contributed by atoms with Crippen LogP contribution in [0.1, 0.15) is 12.8 Å². The molecule has 0 aromatic carbocycles. The van der Waals surface area contributed by atoms with E-state index in [0.29, 0.717) is 18.2 Å². The minimum atomic E-state index is 0.186. The number of aromatic nitrogens is 2. The second-order valence-corrected chi connectivity index (χ2v) is 4.97. The molecule has 1 saturated heterocycles. The summed E-state index contributed by atoms with van der Waals surface area (Å²) in [5.41, 5.74) is 0. The predicted octanol–water partition coefficient (Wildman–Crippen LogP) is 1.15. The zero-order chi connectivity index (χ0) is 14.4. The van der Waals surface area contributed by atoms with Gasteiger partial charge in [0.25, 0.3) is 0 Å². The zero-order valence-electron chi connectivity index (χ0n) is 11.6. The van der Waals surface area contributed by atoms with E-state index in [4.69, 9.17) is 16.3 Å². The number of amides is 1. The third-order valence-corrected chi connectivity index (χ3v) is 3.58. The van der Waals surface area contributed by atoms with Gasteiger partial charge in [0.15, 0.2) is 5.82 Å². The third-order valence-electron chi connectivity index (χ3n) is 3.32. The SMILES string of the molecule is COc1ccc(N2CCN(C(=O)CCCCl)CC2)nn1. The number of piperazine rings is 1. The Kier molecular flexibility index (Phi) is 5.40. The van der Waals surface area contributed by atoms with Gasteiger partial charge in [-0.2, -0.15) is 0 Å². The molecule has 2 heterocycles. The first-order valence-corrected chi connectivity index (χ1v) is 7.24. The molecule has 110 valence electrons. The van der Waals surface area contributed by atoms with E-state index in [1.165, 1.54) is 0 Å². The third kappa shape index (κ3) is 3.72. The second-order valence-electron chi connectivity index (χ2n) is 4.59. The van der Waals surface area contributed by atoms with Crippen LogP contribution in [0, 0.1) is 0 Å². The highest BCUT2D eigenvalue weighted by atomic mass is 35.5. The van der Waals surface area contributed by atoms with Gasteiger partial charge in [0.1, 0.15) is 0 Å². The molecule has 0 aliphatic carbocycles. The number of methoxy groups -OCH3 is 1. The molecular formula is C13H19ClN4O2. The highest BCUT2D eigenvalue weighted by Gasteiger charge is 2.21. The fourth-order valence-electron chi connectivity index (χ4n) is 2.15. The normalized spacial score (nSPS) is 15.3. The first-order chi connectivity index (χ1) is 9.74. The number of carbonyl (C=O) groups is 1. The molecule has 1 aliphatic rings. The van der Waals surface area contributed by atoms with Crippen LogP contribution in [0.2, 0.25) is 0 Å². The maximum Gasteiger partial charge on any atom is 0.233 e. The number of hydrogen-bond donors (Lipinski definition) is 0. The number of carbonyl (C=O) groups excluding carboxylic acids is 1. The lowest BCUT2D eigenvalue weighted by molar-refractivity contribution is -0.131. The second kappa shape index (κ2) is 7.28. The average Bonchev–Trinajstić information content (AvgIpc) is 2.53. The molecule has 20 heavy (non-hydrogen) atoms. The van der Waals surface area contributed by atoms with Gasteiger partial charge in [-0.25, -0.2) is 0 Å². The number of halogens is 1. The largest absolute Gasteiger partial charge is 0.480 e. The molecule has 0 unspecified atom stereocenters. The highest BCUT2D eigenvalue weighted by molar-refractivity contribution is 6.17. The molecule has 0 atom stereocenters. The van der Waals surface area contributed by atoms with E-state index < -0.39 is 0 Å². The lowest BCUT2D eigenvalue weighted by atomic mass is 10.2. The van der Waals surface area contributed by atoms with Crippen molar-refractivity contribution in [1.29, 1.82) is 0 Å². The topological polar surface area (TPSA) is 58.6 Å². The van der Waals surface area contributed by atoms with E-state index in [0.717, 1.165) is 38.4 Å². The van der Waals surface area contributed by atoms with Crippen molar-refractivity contribution in [2.75, 3.05) is 44.1 Å². The van der Waals surface area contributed by atoms with E-state index in [2.05, 4.69) is 15.1 Å². The van der Waals surface area contributed by atoms with Gasteiger partial charge >= 0.3 is 0 Å². The molecule has 0 N–H and O–H groups in total. The van der Waals surface area contributed by atoms with Crippen molar-refractivity contribution in [2.24, 2.45) is 0 Å². The Morgan fingerprint density at radius 3 is 2.60 bits per heavy atom. The van der Waals surface area contributed by atoms with E-state index in [-0.39, 0.29) is 5.91 Å². The van der Waals surface area contributed by atoms with Crippen LogP contribution in [0.15, 0.2) is 12.1 Å². The molecule has 0 saturated carbocycles. The summed E-state index contributed by atoms with van der Waals surface area (Å²) in [5, 5.41) is 8.08. The van der Waals surface area contributed by atoms with Crippen LogP contribution in [0.3, 0.4) is 0 Å². The van der Waals surface area contributed by atoms with E-state index >= 15 is 0 Å². The van der Waals surface area contributed by atoms with Crippen molar-refractivity contribution in [3.8, 4) is 5.88 Å². The van der Waals surface area contributed by atoms with Crippen LogP contribution in [0.4, 0.5) is 5.82 Å². The summed E-state index contributed by atoms with van der Waals surface area (Å²) in [6.07, 6.45) is 1.27. The number of ether oxygens (including phenoxy) is 1. The Morgan fingerprint density at radius 1 is 1.30 bits per heavy atom. The van der Waals surface area contributed by atoms with E-state index in [1.807, 2.05) is 11.0 Å². The van der Waals surface area contributed by atoms with Gasteiger partial charge in [-0.15, -0.1) is 21.8 Å². The lowest BCUT2D eigenvalue weighted by Crippen LogP contribution is -2.49. The van der Waals surface area contributed by atoms with Gasteiger partial charge in [-0.05, 0) is 12.5 Å². The van der Waals surface area contributed by atoms with Crippen molar-refractivity contribution in [2.45, 2.75) is 12.8 Å². The lowest BCUT2D eigenvalue weighted by Gasteiger charge is -2.35. The number of nitrogens with zero attached hydrogens (tertiary/aromatic N) is 4. The first-order valence-electron chi connectivity index (χ1n) is 6.71. The highest BCUT2D eigenvalue weighted by Crippen LogP contribution is 2.15. The predicted molar refractivity (Wildman–Crippen MR) is 77.3 cm³/mol. The Hall–Kier alpha value is -1.56. The number of alkyl halides is 1. The summed E-state index contributed by atoms with van der Waals surface area (Å²) in [6, 6.07) is 3.68. The van der Waals surface area contributed by atoms with Crippen LogP contribution in [0.25, 0.3) is 0 Å². The minimum absolute atomic E-state index is 0.186. The molecule has 2 rings (SSSR count). The summed E-state index contributed by atoms with van der Waals surface area (Å²) in [7, 11) is 1.56. The zero-order valence-corrected chi connectivity index (χ0v) is 12.3. The standard InChI is InChI=1S/C13H19ClN4O2/c1-20-12-5-4-11(15-16-12)17-7-9-18(10-8-17)13(19)3-2-6-14/h4-5H,2-3,6-10H2,1H3. The summed E-state index contributed by atoms with van der Waals surface area (Å²) >= 11 is 5.61.